The van der Waals surface area contributed by atoms with Crippen molar-refractivity contribution in [3.8, 4) is 0 Å². The van der Waals surface area contributed by atoms with Gasteiger partial charge in [-0.3, -0.25) is 9.59 Å². The molecule has 1 heterocycles. The molecule has 5 nitrogen and oxygen atoms in total. The third-order valence-corrected chi connectivity index (χ3v) is 4.07. The number of nitrogens with zero attached hydrogens (tertiary/aromatic N) is 1. The lowest BCUT2D eigenvalue weighted by molar-refractivity contribution is -0.123. The predicted octanol–water partition coefficient (Wildman–Crippen LogP) is 3.39. The average molecular weight is 341 g/mol. The Morgan fingerprint density at radius 2 is 1.32 bits per heavy atom. The van der Waals surface area contributed by atoms with Crippen molar-refractivity contribution < 1.29 is 14.0 Å². The topological polar surface area (TPSA) is 61.4 Å². The summed E-state index contributed by atoms with van der Waals surface area (Å²) in [6, 6.07) is 13.0. The van der Waals surface area contributed by atoms with E-state index >= 15 is 0 Å². The van der Waals surface area contributed by atoms with E-state index in [-0.39, 0.29) is 12.2 Å². The molecule has 1 aliphatic rings. The number of rotatable bonds is 5. The van der Waals surface area contributed by atoms with Gasteiger partial charge >= 0.3 is 0 Å². The van der Waals surface area contributed by atoms with Crippen LogP contribution in [0.5, 0.6) is 0 Å². The fraction of sp³-hybridized carbons (Fsp3) is 0.263. The molecule has 0 unspecified atom stereocenters. The number of carbonyl (C=O) groups is 2. The summed E-state index contributed by atoms with van der Waals surface area (Å²) < 4.78 is 12.8. The molecular weight excluding hydrogens is 321 g/mol. The van der Waals surface area contributed by atoms with E-state index in [1.165, 1.54) is 37.1 Å². The van der Waals surface area contributed by atoms with E-state index in [1.807, 2.05) is 24.3 Å². The van der Waals surface area contributed by atoms with Gasteiger partial charge in [0.2, 0.25) is 11.8 Å². The van der Waals surface area contributed by atoms with Crippen LogP contribution in [0.25, 0.3) is 0 Å². The molecule has 0 bridgehead atoms. The maximum atomic E-state index is 12.8. The van der Waals surface area contributed by atoms with E-state index in [0.717, 1.165) is 18.8 Å². The van der Waals surface area contributed by atoms with Gasteiger partial charge in [0.05, 0.1) is 0 Å². The normalized spacial score (nSPS) is 13.6. The van der Waals surface area contributed by atoms with Crippen molar-refractivity contribution in [3.63, 3.8) is 0 Å². The van der Waals surface area contributed by atoms with Gasteiger partial charge in [-0.2, -0.15) is 0 Å². The summed E-state index contributed by atoms with van der Waals surface area (Å²) in [4.78, 5) is 26.1. The van der Waals surface area contributed by atoms with E-state index in [4.69, 9.17) is 0 Å². The van der Waals surface area contributed by atoms with Gasteiger partial charge in [0, 0.05) is 30.2 Å². The van der Waals surface area contributed by atoms with E-state index in [1.54, 1.807) is 0 Å². The molecular formula is C19H20FN3O2. The zero-order chi connectivity index (χ0) is 17.6. The van der Waals surface area contributed by atoms with Crippen molar-refractivity contribution in [3.05, 3.63) is 54.3 Å². The maximum Gasteiger partial charge on any atom is 0.233 e. The quantitative estimate of drug-likeness (QED) is 0.820. The summed E-state index contributed by atoms with van der Waals surface area (Å²) in [5, 5.41) is 5.27. The number of halogens is 1. The van der Waals surface area contributed by atoms with E-state index in [2.05, 4.69) is 15.5 Å². The lowest BCUT2D eigenvalue weighted by Crippen LogP contribution is -2.21. The van der Waals surface area contributed by atoms with Crippen molar-refractivity contribution in [1.82, 2.24) is 0 Å². The molecule has 0 aliphatic carbocycles. The maximum absolute atomic E-state index is 12.8. The summed E-state index contributed by atoms with van der Waals surface area (Å²) in [5.41, 5.74) is 2.25. The molecule has 2 amide bonds. The lowest BCUT2D eigenvalue weighted by atomic mass is 10.2. The molecule has 3 rings (SSSR count). The first kappa shape index (κ1) is 17.0. The number of hydrogen-bond donors (Lipinski definition) is 2. The Hall–Kier alpha value is -2.89. The molecule has 130 valence electrons. The third-order valence-electron chi connectivity index (χ3n) is 4.07. The fourth-order valence-electron chi connectivity index (χ4n) is 2.82. The highest BCUT2D eigenvalue weighted by molar-refractivity contribution is 6.08. The van der Waals surface area contributed by atoms with Gasteiger partial charge in [0.25, 0.3) is 0 Å². The number of carbonyl (C=O) groups excluding carboxylic acids is 2. The minimum atomic E-state index is -0.446. The molecule has 1 fully saturated rings. The number of benzene rings is 2. The standard InChI is InChI=1S/C19H20FN3O2/c20-14-3-5-15(6-4-14)21-18(24)13-19(25)22-16-7-9-17(10-8-16)23-11-1-2-12-23/h3-10H,1-2,11-13H2,(H,21,24)(H,22,25). The van der Waals surface area contributed by atoms with Crippen molar-refractivity contribution in [2.45, 2.75) is 19.3 Å². The van der Waals surface area contributed by atoms with E-state index in [9.17, 15) is 14.0 Å². The molecule has 1 aliphatic heterocycles. The first-order valence-electron chi connectivity index (χ1n) is 8.30. The Morgan fingerprint density at radius 3 is 1.84 bits per heavy atom. The van der Waals surface area contributed by atoms with Crippen LogP contribution in [0.1, 0.15) is 19.3 Å². The second kappa shape index (κ2) is 7.79. The molecule has 0 radical (unpaired) electrons. The first-order valence-corrected chi connectivity index (χ1v) is 8.30. The van der Waals surface area contributed by atoms with Gasteiger partial charge in [-0.05, 0) is 61.4 Å². The van der Waals surface area contributed by atoms with Crippen LogP contribution in [0.2, 0.25) is 0 Å². The SMILES string of the molecule is O=C(CC(=O)Nc1ccc(N2CCCC2)cc1)Nc1ccc(F)cc1. The van der Waals surface area contributed by atoms with Crippen LogP contribution in [-0.4, -0.2) is 24.9 Å². The van der Waals surface area contributed by atoms with Crippen LogP contribution >= 0.6 is 0 Å². The number of amides is 2. The molecule has 25 heavy (non-hydrogen) atoms. The van der Waals surface area contributed by atoms with Crippen LogP contribution in [0.4, 0.5) is 21.5 Å². The zero-order valence-corrected chi connectivity index (χ0v) is 13.8. The van der Waals surface area contributed by atoms with Crippen LogP contribution < -0.4 is 15.5 Å². The van der Waals surface area contributed by atoms with Gasteiger partial charge < -0.3 is 15.5 Å². The van der Waals surface area contributed by atoms with Gasteiger partial charge in [0.15, 0.2) is 0 Å². The minimum Gasteiger partial charge on any atom is -0.372 e. The second-order valence-electron chi connectivity index (χ2n) is 6.02. The highest BCUT2D eigenvalue weighted by atomic mass is 19.1. The molecule has 0 atom stereocenters. The van der Waals surface area contributed by atoms with Crippen LogP contribution in [0.3, 0.4) is 0 Å². The summed E-state index contributed by atoms with van der Waals surface area (Å²) in [6.07, 6.45) is 2.12. The number of anilines is 3. The molecule has 0 saturated carbocycles. The molecule has 0 spiro atoms. The lowest BCUT2D eigenvalue weighted by Gasteiger charge is -2.17. The summed E-state index contributed by atoms with van der Waals surface area (Å²) in [7, 11) is 0. The molecule has 0 aromatic heterocycles. The Bertz CT molecular complexity index is 738. The smallest absolute Gasteiger partial charge is 0.233 e. The van der Waals surface area contributed by atoms with Gasteiger partial charge in [-0.25, -0.2) is 4.39 Å². The first-order chi connectivity index (χ1) is 12.1. The van der Waals surface area contributed by atoms with Crippen molar-refractivity contribution in [2.24, 2.45) is 0 Å². The summed E-state index contributed by atoms with van der Waals surface area (Å²) in [6.45, 7) is 2.13. The fourth-order valence-corrected chi connectivity index (χ4v) is 2.82. The molecule has 2 N–H and O–H groups in total. The largest absolute Gasteiger partial charge is 0.372 e. The highest BCUT2D eigenvalue weighted by Gasteiger charge is 2.13. The van der Waals surface area contributed by atoms with Crippen molar-refractivity contribution >= 4 is 28.9 Å². The van der Waals surface area contributed by atoms with Gasteiger partial charge in [-0.1, -0.05) is 0 Å². The van der Waals surface area contributed by atoms with Crippen LogP contribution in [0, 0.1) is 5.82 Å². The van der Waals surface area contributed by atoms with Gasteiger partial charge in [-0.15, -0.1) is 0 Å². The number of hydrogen-bond acceptors (Lipinski definition) is 3. The predicted molar refractivity (Wildman–Crippen MR) is 96.2 cm³/mol. The Balaban J connectivity index is 1.49. The van der Waals surface area contributed by atoms with E-state index in [0.29, 0.717) is 11.4 Å². The van der Waals surface area contributed by atoms with Crippen LogP contribution in [-0.2, 0) is 9.59 Å². The molecule has 6 heteroatoms. The second-order valence-corrected chi connectivity index (χ2v) is 6.02. The number of nitrogens with one attached hydrogen (secondary N) is 2. The Labute approximate surface area is 145 Å². The summed E-state index contributed by atoms with van der Waals surface area (Å²) >= 11 is 0. The van der Waals surface area contributed by atoms with Crippen molar-refractivity contribution in [2.75, 3.05) is 28.6 Å². The van der Waals surface area contributed by atoms with Gasteiger partial charge in [0.1, 0.15) is 12.2 Å². The van der Waals surface area contributed by atoms with E-state index < -0.39 is 11.8 Å². The van der Waals surface area contributed by atoms with Crippen LogP contribution in [0.15, 0.2) is 48.5 Å². The Kier molecular flexibility index (Phi) is 5.28. The third kappa shape index (κ3) is 4.79. The minimum absolute atomic E-state index is 0.300. The molecule has 1 saturated heterocycles. The molecule has 2 aromatic rings. The summed E-state index contributed by atoms with van der Waals surface area (Å²) in [5.74, 6) is -1.22. The Morgan fingerprint density at radius 1 is 0.840 bits per heavy atom. The average Bonchev–Trinajstić information content (AvgIpc) is 3.12. The highest BCUT2D eigenvalue weighted by Crippen LogP contribution is 2.22. The molecule has 2 aromatic carbocycles. The van der Waals surface area contributed by atoms with Crippen molar-refractivity contribution in [1.29, 1.82) is 0 Å². The monoisotopic (exact) mass is 341 g/mol. The zero-order valence-electron chi connectivity index (χ0n) is 13.8.